The Bertz CT molecular complexity index is 723. The van der Waals surface area contributed by atoms with Crippen LogP contribution in [-0.2, 0) is 6.54 Å². The van der Waals surface area contributed by atoms with Gasteiger partial charge in [-0.3, -0.25) is 0 Å². The second kappa shape index (κ2) is 9.69. The van der Waals surface area contributed by atoms with Gasteiger partial charge in [-0.25, -0.2) is 0 Å². The van der Waals surface area contributed by atoms with Gasteiger partial charge >= 0.3 is 0 Å². The van der Waals surface area contributed by atoms with Gasteiger partial charge in [0.1, 0.15) is 0 Å². The van der Waals surface area contributed by atoms with Gasteiger partial charge in [-0.05, 0) is 66.5 Å². The van der Waals surface area contributed by atoms with E-state index in [1.54, 1.807) is 6.07 Å². The van der Waals surface area contributed by atoms with E-state index in [4.69, 9.17) is 23.2 Å². The Kier molecular flexibility index (Phi) is 7.87. The lowest BCUT2D eigenvalue weighted by molar-refractivity contribution is -0.113. The molecule has 0 aromatic heterocycles. The third kappa shape index (κ3) is 4.72. The molecule has 0 unspecified atom stereocenters. The zero-order chi connectivity index (χ0) is 22.1. The van der Waals surface area contributed by atoms with E-state index < -0.39 is 0 Å². The van der Waals surface area contributed by atoms with Gasteiger partial charge in [-0.1, -0.05) is 83.1 Å². The van der Waals surface area contributed by atoms with Crippen molar-refractivity contribution < 1.29 is 5.11 Å². The van der Waals surface area contributed by atoms with E-state index in [0.29, 0.717) is 16.6 Å². The first-order valence-electron chi connectivity index (χ1n) is 11.9. The zero-order valence-electron chi connectivity index (χ0n) is 19.5. The third-order valence-corrected chi connectivity index (χ3v) is 9.39. The normalized spacial score (nSPS) is 34.9. The Labute approximate surface area is 194 Å². The number of hydrogen-bond acceptors (Lipinski definition) is 2. The van der Waals surface area contributed by atoms with Crippen molar-refractivity contribution in [2.75, 3.05) is 0 Å². The number of aliphatic hydroxyl groups excluding tert-OH is 1. The molecule has 30 heavy (non-hydrogen) atoms. The molecule has 0 amide bonds. The van der Waals surface area contributed by atoms with Gasteiger partial charge < -0.3 is 10.4 Å². The van der Waals surface area contributed by atoms with Crippen molar-refractivity contribution in [2.24, 2.45) is 28.6 Å². The molecule has 1 aromatic rings. The Morgan fingerprint density at radius 1 is 1.07 bits per heavy atom. The summed E-state index contributed by atoms with van der Waals surface area (Å²) in [5.74, 6) is 2.25. The van der Waals surface area contributed by atoms with Crippen molar-refractivity contribution in [2.45, 2.75) is 98.3 Å². The van der Waals surface area contributed by atoms with Gasteiger partial charge in [0.15, 0.2) is 0 Å². The van der Waals surface area contributed by atoms with Crippen LogP contribution in [0.2, 0.25) is 10.0 Å². The first-order valence-corrected chi connectivity index (χ1v) is 12.7. The zero-order valence-corrected chi connectivity index (χ0v) is 21.0. The molecular formula is C26H41Cl2NO. The Morgan fingerprint density at radius 2 is 1.77 bits per heavy atom. The van der Waals surface area contributed by atoms with Crippen LogP contribution in [0.4, 0.5) is 0 Å². The molecule has 0 spiro atoms. The summed E-state index contributed by atoms with van der Waals surface area (Å²) in [5, 5.41) is 16.4. The van der Waals surface area contributed by atoms with E-state index in [1.165, 1.54) is 32.1 Å². The molecule has 0 radical (unpaired) electrons. The smallest absolute Gasteiger partial charge is 0.0752 e. The Balaban J connectivity index is 1.65. The highest BCUT2D eigenvalue weighted by Gasteiger charge is 2.61. The van der Waals surface area contributed by atoms with Crippen LogP contribution >= 0.6 is 23.2 Å². The minimum Gasteiger partial charge on any atom is -0.391 e. The number of aliphatic hydroxyl groups is 1. The van der Waals surface area contributed by atoms with E-state index in [1.807, 2.05) is 12.1 Å². The fourth-order valence-electron chi connectivity index (χ4n) is 6.58. The minimum atomic E-state index is -0.324. The molecule has 0 heterocycles. The van der Waals surface area contributed by atoms with E-state index in [2.05, 4.69) is 39.9 Å². The largest absolute Gasteiger partial charge is 0.391 e. The van der Waals surface area contributed by atoms with Crippen LogP contribution < -0.4 is 5.32 Å². The lowest BCUT2D eigenvalue weighted by atomic mass is 9.53. The highest BCUT2D eigenvalue weighted by molar-refractivity contribution is 6.35. The quantitative estimate of drug-likeness (QED) is 0.426. The van der Waals surface area contributed by atoms with Crippen LogP contribution in [0.1, 0.15) is 85.1 Å². The number of benzene rings is 1. The van der Waals surface area contributed by atoms with Crippen molar-refractivity contribution in [1.82, 2.24) is 5.32 Å². The summed E-state index contributed by atoms with van der Waals surface area (Å²) in [6.45, 7) is 12.6. The lowest BCUT2D eigenvalue weighted by Crippen LogP contribution is -2.58. The molecule has 1 aromatic carbocycles. The molecule has 2 N–H and O–H groups in total. The molecule has 0 aliphatic heterocycles. The first kappa shape index (κ1) is 24.4. The van der Waals surface area contributed by atoms with Crippen LogP contribution in [0.25, 0.3) is 0 Å². The van der Waals surface area contributed by atoms with E-state index in [-0.39, 0.29) is 23.0 Å². The Morgan fingerprint density at radius 3 is 2.43 bits per heavy atom. The number of hydrogen-bond donors (Lipinski definition) is 2. The van der Waals surface area contributed by atoms with Gasteiger partial charge in [0.05, 0.1) is 6.10 Å². The molecule has 0 saturated heterocycles. The molecule has 4 heteroatoms. The maximum absolute atomic E-state index is 11.5. The molecule has 2 saturated carbocycles. The molecule has 6 atom stereocenters. The molecule has 3 rings (SSSR count). The predicted molar refractivity (Wildman–Crippen MR) is 129 cm³/mol. The summed E-state index contributed by atoms with van der Waals surface area (Å²) in [6, 6.07) is 5.76. The molecule has 2 nitrogen and oxygen atoms in total. The van der Waals surface area contributed by atoms with Gasteiger partial charge in [-0.15, -0.1) is 0 Å². The van der Waals surface area contributed by atoms with E-state index in [9.17, 15) is 5.11 Å². The second-order valence-corrected chi connectivity index (χ2v) is 11.8. The van der Waals surface area contributed by atoms with Gasteiger partial charge in [0, 0.05) is 28.0 Å². The highest BCUT2D eigenvalue weighted by atomic mass is 35.5. The minimum absolute atomic E-state index is 0.0241. The van der Waals surface area contributed by atoms with Crippen molar-refractivity contribution in [1.29, 1.82) is 0 Å². The summed E-state index contributed by atoms with van der Waals surface area (Å²) in [7, 11) is 0. The average Bonchev–Trinajstić information content (AvgIpc) is 2.95. The SMILES string of the molecule is CC(C)CCC[C@@H](C)[C@H]1CC[C@@]2(C)[C@@H](O)[C@@H](NCc3ccc(Cl)cc3Cl)CC[C@]12C. The monoisotopic (exact) mass is 453 g/mol. The van der Waals surface area contributed by atoms with Crippen LogP contribution in [0.15, 0.2) is 18.2 Å². The van der Waals surface area contributed by atoms with E-state index in [0.717, 1.165) is 36.2 Å². The van der Waals surface area contributed by atoms with Crippen LogP contribution in [0.3, 0.4) is 0 Å². The lowest BCUT2D eigenvalue weighted by Gasteiger charge is -2.55. The van der Waals surface area contributed by atoms with Crippen LogP contribution in [0, 0.1) is 28.6 Å². The van der Waals surface area contributed by atoms with Gasteiger partial charge in [0.25, 0.3) is 0 Å². The summed E-state index contributed by atoms with van der Waals surface area (Å²) in [4.78, 5) is 0. The maximum Gasteiger partial charge on any atom is 0.0752 e. The first-order chi connectivity index (χ1) is 14.1. The van der Waals surface area contributed by atoms with Gasteiger partial charge in [-0.2, -0.15) is 0 Å². The van der Waals surface area contributed by atoms with E-state index >= 15 is 0 Å². The van der Waals surface area contributed by atoms with Crippen LogP contribution in [0.5, 0.6) is 0 Å². The molecule has 2 aliphatic rings. The number of rotatable bonds is 8. The van der Waals surface area contributed by atoms with Crippen molar-refractivity contribution >= 4 is 23.2 Å². The van der Waals surface area contributed by atoms with Crippen LogP contribution in [-0.4, -0.2) is 17.3 Å². The summed E-state index contributed by atoms with van der Waals surface area (Å²) in [6.07, 6.45) is 8.24. The average molecular weight is 455 g/mol. The van der Waals surface area contributed by atoms with Crippen molar-refractivity contribution in [3.63, 3.8) is 0 Å². The predicted octanol–water partition coefficient (Wildman–Crippen LogP) is 7.49. The van der Waals surface area contributed by atoms with Gasteiger partial charge in [0.2, 0.25) is 0 Å². The summed E-state index contributed by atoms with van der Waals surface area (Å²) >= 11 is 12.4. The molecular weight excluding hydrogens is 413 g/mol. The molecule has 2 fully saturated rings. The number of nitrogens with one attached hydrogen (secondary N) is 1. The number of halogens is 2. The standard InChI is InChI=1S/C26H41Cl2NO/c1-17(2)7-6-8-18(3)21-11-13-26(5)24(30)23(12-14-25(21,26)4)29-16-19-9-10-20(27)15-22(19)28/h9-10,15,17-18,21,23-24,29-30H,6-8,11-14,16H2,1-5H3/t18-,21-,23+,24+,25-,26+/m1/s1. The van der Waals surface area contributed by atoms with Crippen molar-refractivity contribution in [3.8, 4) is 0 Å². The number of fused-ring (bicyclic) bond motifs is 1. The molecule has 170 valence electrons. The maximum atomic E-state index is 11.5. The van der Waals surface area contributed by atoms with Crippen molar-refractivity contribution in [3.05, 3.63) is 33.8 Å². The Hall–Kier alpha value is -0.280. The summed E-state index contributed by atoms with van der Waals surface area (Å²) in [5.41, 5.74) is 1.23. The second-order valence-electron chi connectivity index (χ2n) is 11.0. The third-order valence-electron chi connectivity index (χ3n) is 8.80. The highest BCUT2D eigenvalue weighted by Crippen LogP contribution is 2.65. The fourth-order valence-corrected chi connectivity index (χ4v) is 7.05. The topological polar surface area (TPSA) is 32.3 Å². The molecule has 2 aliphatic carbocycles. The molecule has 0 bridgehead atoms. The summed E-state index contributed by atoms with van der Waals surface area (Å²) < 4.78 is 0. The fraction of sp³-hybridized carbons (Fsp3) is 0.769.